The van der Waals surface area contributed by atoms with E-state index in [9.17, 15) is 9.18 Å². The number of carbonyl (C=O) groups excluding carboxylic acids is 1. The first kappa shape index (κ1) is 16.6. The number of methoxy groups -OCH3 is 1. The van der Waals surface area contributed by atoms with Crippen LogP contribution in [0.1, 0.15) is 23.1 Å². The van der Waals surface area contributed by atoms with Crippen molar-refractivity contribution in [1.29, 1.82) is 0 Å². The number of hydrogen-bond acceptors (Lipinski definition) is 2. The van der Waals surface area contributed by atoms with Gasteiger partial charge in [0.2, 0.25) is 5.91 Å². The highest BCUT2D eigenvalue weighted by atomic mass is 19.1. The number of amides is 1. The Morgan fingerprint density at radius 3 is 2.69 bits per heavy atom. The van der Waals surface area contributed by atoms with Gasteiger partial charge in [0.25, 0.3) is 0 Å². The van der Waals surface area contributed by atoms with Gasteiger partial charge >= 0.3 is 0 Å². The summed E-state index contributed by atoms with van der Waals surface area (Å²) >= 11 is 0. The third kappa shape index (κ3) is 3.03. The standard InChI is InChI=1S/C22H20FNO2/c1-26-20-11-5-14(13-18(20)23)6-12-21(25)24-19-10-9-16-8-7-15-3-2-4-17(19)22(15)16/h2-5,9-11,13H,6-8,12H2,1H3,(H,24,25). The lowest BCUT2D eigenvalue weighted by atomic mass is 10.0. The number of hydrogen-bond donors (Lipinski definition) is 1. The van der Waals surface area contributed by atoms with E-state index in [2.05, 4.69) is 23.5 Å². The fraction of sp³-hybridized carbons (Fsp3) is 0.227. The van der Waals surface area contributed by atoms with Crippen molar-refractivity contribution in [3.05, 3.63) is 71.0 Å². The topological polar surface area (TPSA) is 38.3 Å². The summed E-state index contributed by atoms with van der Waals surface area (Å²) in [5, 5.41) is 5.40. The van der Waals surface area contributed by atoms with Gasteiger partial charge in [-0.25, -0.2) is 4.39 Å². The minimum atomic E-state index is -0.405. The molecule has 0 aromatic heterocycles. The van der Waals surface area contributed by atoms with Crippen LogP contribution in [-0.4, -0.2) is 13.0 Å². The summed E-state index contributed by atoms with van der Waals surface area (Å²) in [7, 11) is 1.43. The zero-order valence-corrected chi connectivity index (χ0v) is 14.6. The molecular formula is C22H20FNO2. The van der Waals surface area contributed by atoms with Crippen molar-refractivity contribution in [2.24, 2.45) is 0 Å². The molecule has 1 amide bonds. The molecule has 1 aliphatic carbocycles. The van der Waals surface area contributed by atoms with Crippen molar-refractivity contribution >= 4 is 22.4 Å². The molecule has 1 N–H and O–H groups in total. The molecule has 0 saturated heterocycles. The average Bonchev–Trinajstić information content (AvgIpc) is 3.07. The number of rotatable bonds is 5. The first-order valence-electron chi connectivity index (χ1n) is 8.81. The molecule has 0 unspecified atom stereocenters. The van der Waals surface area contributed by atoms with Crippen molar-refractivity contribution < 1.29 is 13.9 Å². The monoisotopic (exact) mass is 349 g/mol. The van der Waals surface area contributed by atoms with Crippen molar-refractivity contribution in [2.45, 2.75) is 25.7 Å². The molecule has 132 valence electrons. The molecule has 0 bridgehead atoms. The summed E-state index contributed by atoms with van der Waals surface area (Å²) in [5.41, 5.74) is 4.32. The van der Waals surface area contributed by atoms with Gasteiger partial charge in [0.1, 0.15) is 0 Å². The SMILES string of the molecule is COc1ccc(CCC(=O)Nc2ccc3c4c(cccc24)CC3)cc1F. The summed E-state index contributed by atoms with van der Waals surface area (Å²) in [6.07, 6.45) is 2.91. The zero-order valence-electron chi connectivity index (χ0n) is 14.6. The Bertz CT molecular complexity index is 987. The third-order valence-electron chi connectivity index (χ3n) is 5.01. The summed E-state index contributed by atoms with van der Waals surface area (Å²) in [6, 6.07) is 15.1. The second-order valence-electron chi connectivity index (χ2n) is 6.63. The van der Waals surface area contributed by atoms with Crippen LogP contribution in [0.2, 0.25) is 0 Å². The highest BCUT2D eigenvalue weighted by Crippen LogP contribution is 2.35. The normalized spacial score (nSPS) is 12.4. The summed E-state index contributed by atoms with van der Waals surface area (Å²) in [5.74, 6) is -0.260. The Labute approximate surface area is 151 Å². The number of ether oxygens (including phenoxy) is 1. The van der Waals surface area contributed by atoms with E-state index in [1.54, 1.807) is 12.1 Å². The molecule has 0 aliphatic heterocycles. The molecule has 0 radical (unpaired) electrons. The van der Waals surface area contributed by atoms with Gasteiger partial charge < -0.3 is 10.1 Å². The highest BCUT2D eigenvalue weighted by molar-refractivity contribution is 6.05. The molecule has 0 spiro atoms. The Hall–Kier alpha value is -2.88. The first-order valence-corrected chi connectivity index (χ1v) is 8.81. The van der Waals surface area contributed by atoms with Crippen LogP contribution in [0.3, 0.4) is 0 Å². The second-order valence-corrected chi connectivity index (χ2v) is 6.63. The maximum Gasteiger partial charge on any atom is 0.224 e. The summed E-state index contributed by atoms with van der Waals surface area (Å²) in [4.78, 5) is 12.4. The number of carbonyl (C=O) groups is 1. The lowest BCUT2D eigenvalue weighted by Gasteiger charge is -2.11. The fourth-order valence-electron chi connectivity index (χ4n) is 3.69. The molecule has 0 saturated carbocycles. The molecule has 1 aliphatic rings. The predicted octanol–water partition coefficient (Wildman–Crippen LogP) is 4.66. The fourth-order valence-corrected chi connectivity index (χ4v) is 3.69. The van der Waals surface area contributed by atoms with E-state index in [1.165, 1.54) is 29.7 Å². The lowest BCUT2D eigenvalue weighted by Crippen LogP contribution is -2.12. The largest absolute Gasteiger partial charge is 0.494 e. The molecule has 3 nitrogen and oxygen atoms in total. The Balaban J connectivity index is 1.48. The summed E-state index contributed by atoms with van der Waals surface area (Å²) < 4.78 is 18.7. The van der Waals surface area contributed by atoms with Crippen LogP contribution in [0, 0.1) is 5.82 Å². The van der Waals surface area contributed by atoms with E-state index in [-0.39, 0.29) is 11.7 Å². The predicted molar refractivity (Wildman–Crippen MR) is 101 cm³/mol. The van der Waals surface area contributed by atoms with E-state index < -0.39 is 5.82 Å². The van der Waals surface area contributed by atoms with E-state index in [4.69, 9.17) is 4.74 Å². The molecule has 3 aromatic rings. The van der Waals surface area contributed by atoms with Gasteiger partial charge in [-0.05, 0) is 59.5 Å². The van der Waals surface area contributed by atoms with E-state index in [1.807, 2.05) is 12.1 Å². The highest BCUT2D eigenvalue weighted by Gasteiger charge is 2.16. The number of benzene rings is 3. The maximum atomic E-state index is 13.8. The number of halogens is 1. The van der Waals surface area contributed by atoms with Crippen LogP contribution >= 0.6 is 0 Å². The van der Waals surface area contributed by atoms with Crippen LogP contribution < -0.4 is 10.1 Å². The van der Waals surface area contributed by atoms with Crippen molar-refractivity contribution in [3.63, 3.8) is 0 Å². The van der Waals surface area contributed by atoms with Crippen molar-refractivity contribution in [3.8, 4) is 5.75 Å². The lowest BCUT2D eigenvalue weighted by molar-refractivity contribution is -0.116. The van der Waals surface area contributed by atoms with Gasteiger partial charge in [-0.2, -0.15) is 0 Å². The van der Waals surface area contributed by atoms with Crippen molar-refractivity contribution in [1.82, 2.24) is 0 Å². The Morgan fingerprint density at radius 2 is 1.92 bits per heavy atom. The quantitative estimate of drug-likeness (QED) is 0.728. The number of anilines is 1. The summed E-state index contributed by atoms with van der Waals surface area (Å²) in [6.45, 7) is 0. The average molecular weight is 349 g/mol. The third-order valence-corrected chi connectivity index (χ3v) is 5.01. The molecule has 26 heavy (non-hydrogen) atoms. The second kappa shape index (κ2) is 6.79. The maximum absolute atomic E-state index is 13.8. The Kier molecular flexibility index (Phi) is 4.33. The Morgan fingerprint density at radius 1 is 1.12 bits per heavy atom. The molecule has 3 aromatic carbocycles. The number of aryl methyl sites for hydroxylation is 3. The number of nitrogens with one attached hydrogen (secondary N) is 1. The molecular weight excluding hydrogens is 329 g/mol. The van der Waals surface area contributed by atoms with Crippen LogP contribution in [0.5, 0.6) is 5.75 Å². The molecule has 4 heteroatoms. The molecule has 0 atom stereocenters. The molecule has 4 rings (SSSR count). The van der Waals surface area contributed by atoms with Crippen LogP contribution in [0.4, 0.5) is 10.1 Å². The van der Waals surface area contributed by atoms with Gasteiger partial charge in [-0.15, -0.1) is 0 Å². The minimum absolute atomic E-state index is 0.0695. The van der Waals surface area contributed by atoms with Gasteiger partial charge in [0.15, 0.2) is 11.6 Å². The smallest absolute Gasteiger partial charge is 0.224 e. The van der Waals surface area contributed by atoms with Gasteiger partial charge in [-0.3, -0.25) is 4.79 Å². The molecule has 0 heterocycles. The van der Waals surface area contributed by atoms with Gasteiger partial charge in [0, 0.05) is 17.5 Å². The minimum Gasteiger partial charge on any atom is -0.494 e. The molecule has 0 fully saturated rings. The van der Waals surface area contributed by atoms with E-state index >= 15 is 0 Å². The zero-order chi connectivity index (χ0) is 18.1. The first-order chi connectivity index (χ1) is 12.7. The van der Waals surface area contributed by atoms with Gasteiger partial charge in [0.05, 0.1) is 7.11 Å². The van der Waals surface area contributed by atoms with E-state index in [0.29, 0.717) is 12.8 Å². The van der Waals surface area contributed by atoms with Crippen LogP contribution in [-0.2, 0) is 24.1 Å². The van der Waals surface area contributed by atoms with E-state index in [0.717, 1.165) is 29.5 Å². The van der Waals surface area contributed by atoms with Crippen LogP contribution in [0.15, 0.2) is 48.5 Å². The van der Waals surface area contributed by atoms with Crippen LogP contribution in [0.25, 0.3) is 10.8 Å². The van der Waals surface area contributed by atoms with Crippen molar-refractivity contribution in [2.75, 3.05) is 12.4 Å². The van der Waals surface area contributed by atoms with Gasteiger partial charge in [-0.1, -0.05) is 30.3 Å².